The van der Waals surface area contributed by atoms with Gasteiger partial charge in [0.1, 0.15) is 6.04 Å². The molecule has 33 heavy (non-hydrogen) atoms. The topological polar surface area (TPSA) is 87.2 Å². The molecule has 1 aliphatic rings. The van der Waals surface area contributed by atoms with Crippen LogP contribution < -0.4 is 4.90 Å². The van der Waals surface area contributed by atoms with Crippen LogP contribution in [0.2, 0.25) is 0 Å². The molecule has 0 aliphatic carbocycles. The van der Waals surface area contributed by atoms with Gasteiger partial charge in [-0.1, -0.05) is 29.8 Å². The molecule has 3 rings (SSSR count). The molecule has 0 aromatic heterocycles. The molecule has 8 nitrogen and oxygen atoms in total. The molecule has 0 spiro atoms. The SMILES string of the molecule is Cc1ccc(S(=O)(=O)N2CCC[C@H]2C(=O)OCC(=O)N(C)Cc2ccc(N(C)C)cc2)cc1. The summed E-state index contributed by atoms with van der Waals surface area (Å²) in [5.74, 6) is -1.05. The highest BCUT2D eigenvalue weighted by molar-refractivity contribution is 7.89. The van der Waals surface area contributed by atoms with Crippen molar-refractivity contribution in [1.29, 1.82) is 0 Å². The van der Waals surface area contributed by atoms with E-state index < -0.39 is 28.6 Å². The largest absolute Gasteiger partial charge is 0.454 e. The Morgan fingerprint density at radius 1 is 1.03 bits per heavy atom. The zero-order valence-corrected chi connectivity index (χ0v) is 20.3. The predicted octanol–water partition coefficient (Wildman–Crippen LogP) is 2.42. The number of carbonyl (C=O) groups excluding carboxylic acids is 2. The van der Waals surface area contributed by atoms with E-state index in [9.17, 15) is 18.0 Å². The van der Waals surface area contributed by atoms with Gasteiger partial charge in [0.25, 0.3) is 5.91 Å². The summed E-state index contributed by atoms with van der Waals surface area (Å²) in [7, 11) is 1.73. The average Bonchev–Trinajstić information content (AvgIpc) is 3.29. The Balaban J connectivity index is 1.57. The van der Waals surface area contributed by atoms with Crippen molar-refractivity contribution in [2.45, 2.75) is 37.2 Å². The number of sulfonamides is 1. The number of amides is 1. The molecule has 1 amide bonds. The Morgan fingerprint density at radius 3 is 2.27 bits per heavy atom. The number of aryl methyl sites for hydroxylation is 1. The quantitative estimate of drug-likeness (QED) is 0.548. The molecule has 2 aromatic carbocycles. The van der Waals surface area contributed by atoms with Crippen molar-refractivity contribution in [2.75, 3.05) is 39.2 Å². The number of benzene rings is 2. The van der Waals surface area contributed by atoms with Gasteiger partial charge in [-0.15, -0.1) is 0 Å². The first kappa shape index (κ1) is 24.7. The number of hydrogen-bond donors (Lipinski definition) is 0. The first-order valence-electron chi connectivity index (χ1n) is 10.8. The van der Waals surface area contributed by atoms with Crippen LogP contribution in [0.15, 0.2) is 53.4 Å². The van der Waals surface area contributed by atoms with Crippen LogP contribution in [0.5, 0.6) is 0 Å². The molecule has 1 saturated heterocycles. The van der Waals surface area contributed by atoms with Crippen molar-refractivity contribution in [3.8, 4) is 0 Å². The summed E-state index contributed by atoms with van der Waals surface area (Å²) < 4.78 is 32.4. The van der Waals surface area contributed by atoms with Gasteiger partial charge >= 0.3 is 5.97 Å². The monoisotopic (exact) mass is 473 g/mol. The van der Waals surface area contributed by atoms with Crippen molar-refractivity contribution in [2.24, 2.45) is 0 Å². The Bertz CT molecular complexity index is 1080. The van der Waals surface area contributed by atoms with E-state index in [1.165, 1.54) is 21.3 Å². The highest BCUT2D eigenvalue weighted by Gasteiger charge is 2.40. The summed E-state index contributed by atoms with van der Waals surface area (Å²) in [6.45, 7) is 2.06. The molecule has 1 aliphatic heterocycles. The van der Waals surface area contributed by atoms with E-state index >= 15 is 0 Å². The van der Waals surface area contributed by atoms with Gasteiger partial charge in [0.15, 0.2) is 6.61 Å². The molecule has 0 unspecified atom stereocenters. The third-order valence-electron chi connectivity index (χ3n) is 5.74. The first-order valence-corrected chi connectivity index (χ1v) is 12.3. The standard InChI is InChI=1S/C24H31N3O5S/c1-18-7-13-21(14-8-18)33(30,31)27-15-5-6-22(27)24(29)32-17-23(28)26(4)16-19-9-11-20(12-10-19)25(2)3/h7-14,22H,5-6,15-17H2,1-4H3/t22-/m0/s1. The van der Waals surface area contributed by atoms with Crippen LogP contribution in [-0.2, 0) is 30.9 Å². The second kappa shape index (κ2) is 10.4. The zero-order chi connectivity index (χ0) is 24.2. The smallest absolute Gasteiger partial charge is 0.324 e. The van der Waals surface area contributed by atoms with Gasteiger partial charge < -0.3 is 14.5 Å². The molecule has 1 fully saturated rings. The lowest BCUT2D eigenvalue weighted by Gasteiger charge is -2.23. The second-order valence-electron chi connectivity index (χ2n) is 8.51. The van der Waals surface area contributed by atoms with Gasteiger partial charge in [-0.25, -0.2) is 8.42 Å². The highest BCUT2D eigenvalue weighted by atomic mass is 32.2. The van der Waals surface area contributed by atoms with Gasteiger partial charge in [-0.2, -0.15) is 4.31 Å². The Kier molecular flexibility index (Phi) is 7.76. The minimum absolute atomic E-state index is 0.142. The number of ether oxygens (including phenoxy) is 1. The Morgan fingerprint density at radius 2 is 1.67 bits per heavy atom. The fourth-order valence-electron chi connectivity index (χ4n) is 3.71. The molecule has 0 N–H and O–H groups in total. The van der Waals surface area contributed by atoms with Crippen LogP contribution in [0.25, 0.3) is 0 Å². The molecule has 178 valence electrons. The van der Waals surface area contributed by atoms with Crippen molar-refractivity contribution >= 4 is 27.6 Å². The van der Waals surface area contributed by atoms with Crippen LogP contribution in [0.1, 0.15) is 24.0 Å². The maximum Gasteiger partial charge on any atom is 0.324 e. The first-order chi connectivity index (χ1) is 15.6. The molecule has 0 saturated carbocycles. The van der Waals surface area contributed by atoms with Crippen molar-refractivity contribution < 1.29 is 22.7 Å². The van der Waals surface area contributed by atoms with E-state index in [1.807, 2.05) is 50.2 Å². The maximum atomic E-state index is 13.0. The number of nitrogens with zero attached hydrogens (tertiary/aromatic N) is 3. The number of hydrogen-bond acceptors (Lipinski definition) is 6. The summed E-state index contributed by atoms with van der Waals surface area (Å²) in [6, 6.07) is 13.4. The van der Waals surface area contributed by atoms with Gasteiger partial charge in [0.2, 0.25) is 10.0 Å². The number of esters is 1. The van der Waals surface area contributed by atoms with Gasteiger partial charge in [0, 0.05) is 39.9 Å². The molecule has 1 atom stereocenters. The lowest BCUT2D eigenvalue weighted by atomic mass is 10.2. The van der Waals surface area contributed by atoms with E-state index in [2.05, 4.69) is 0 Å². The molecular weight excluding hydrogens is 442 g/mol. The molecule has 1 heterocycles. The highest BCUT2D eigenvalue weighted by Crippen LogP contribution is 2.27. The number of anilines is 1. The van der Waals surface area contributed by atoms with Crippen LogP contribution in [0.3, 0.4) is 0 Å². The Labute approximate surface area is 195 Å². The number of carbonyl (C=O) groups is 2. The van der Waals surface area contributed by atoms with Crippen molar-refractivity contribution in [3.63, 3.8) is 0 Å². The number of likely N-dealkylation sites (N-methyl/N-ethyl adjacent to an activating group) is 1. The van der Waals surface area contributed by atoms with Gasteiger partial charge in [-0.3, -0.25) is 9.59 Å². The minimum Gasteiger partial charge on any atom is -0.454 e. The average molecular weight is 474 g/mol. The summed E-state index contributed by atoms with van der Waals surface area (Å²) >= 11 is 0. The van der Waals surface area contributed by atoms with Crippen molar-refractivity contribution in [1.82, 2.24) is 9.21 Å². The van der Waals surface area contributed by atoms with E-state index in [0.29, 0.717) is 19.4 Å². The summed E-state index contributed by atoms with van der Waals surface area (Å²) in [4.78, 5) is 28.8. The maximum absolute atomic E-state index is 13.0. The fourth-order valence-corrected chi connectivity index (χ4v) is 5.36. The molecule has 0 bridgehead atoms. The van der Waals surface area contributed by atoms with Gasteiger partial charge in [0.05, 0.1) is 4.90 Å². The minimum atomic E-state index is -3.82. The van der Waals surface area contributed by atoms with Gasteiger partial charge in [-0.05, 0) is 49.6 Å². The fraction of sp³-hybridized carbons (Fsp3) is 0.417. The second-order valence-corrected chi connectivity index (χ2v) is 10.4. The van der Waals surface area contributed by atoms with Crippen LogP contribution in [0, 0.1) is 6.92 Å². The predicted molar refractivity (Wildman–Crippen MR) is 126 cm³/mol. The molecule has 0 radical (unpaired) electrons. The van der Waals surface area contributed by atoms with Crippen LogP contribution in [0.4, 0.5) is 5.69 Å². The molecular formula is C24H31N3O5S. The van der Waals surface area contributed by atoms with Crippen molar-refractivity contribution in [3.05, 3.63) is 59.7 Å². The van der Waals surface area contributed by atoms with E-state index in [4.69, 9.17) is 4.74 Å². The third-order valence-corrected chi connectivity index (χ3v) is 7.66. The Hall–Kier alpha value is -2.91. The lowest BCUT2D eigenvalue weighted by Crippen LogP contribution is -2.42. The molecule has 2 aromatic rings. The summed E-state index contributed by atoms with van der Waals surface area (Å²) in [5.41, 5.74) is 2.96. The van der Waals surface area contributed by atoms with Crippen LogP contribution in [-0.4, -0.2) is 69.8 Å². The third kappa shape index (κ3) is 5.91. The van der Waals surface area contributed by atoms with E-state index in [1.54, 1.807) is 19.2 Å². The zero-order valence-electron chi connectivity index (χ0n) is 19.5. The number of rotatable bonds is 8. The van der Waals surface area contributed by atoms with E-state index in [-0.39, 0.29) is 17.3 Å². The molecule has 9 heteroatoms. The normalized spacial score (nSPS) is 16.4. The van der Waals surface area contributed by atoms with E-state index in [0.717, 1.165) is 16.8 Å². The van der Waals surface area contributed by atoms with Crippen LogP contribution >= 0.6 is 0 Å². The summed E-state index contributed by atoms with van der Waals surface area (Å²) in [6.07, 6.45) is 0.924. The lowest BCUT2D eigenvalue weighted by molar-refractivity contribution is -0.154. The summed E-state index contributed by atoms with van der Waals surface area (Å²) in [5, 5.41) is 0.